The highest BCUT2D eigenvalue weighted by molar-refractivity contribution is 5.67. The zero-order chi connectivity index (χ0) is 21.2. The Labute approximate surface area is 177 Å². The van der Waals surface area contributed by atoms with Crippen LogP contribution in [0.2, 0.25) is 0 Å². The Hall–Kier alpha value is -2.74. The zero-order valence-electron chi connectivity index (χ0n) is 18.6. The lowest BCUT2D eigenvalue weighted by atomic mass is 9.91. The smallest absolute Gasteiger partial charge is 0.0833 e. The maximum absolute atomic E-state index is 4.06. The summed E-state index contributed by atoms with van der Waals surface area (Å²) in [5, 5.41) is 0. The van der Waals surface area contributed by atoms with E-state index in [0.717, 1.165) is 25.8 Å². The van der Waals surface area contributed by atoms with Crippen LogP contribution in [0.15, 0.2) is 80.3 Å². The largest absolute Gasteiger partial charge is 0.348 e. The van der Waals surface area contributed by atoms with Gasteiger partial charge in [-0.25, -0.2) is 0 Å². The molecule has 0 aromatic heterocycles. The molecule has 0 spiro atoms. The number of rotatable bonds is 8. The van der Waals surface area contributed by atoms with Crippen LogP contribution in [-0.4, -0.2) is 11.4 Å². The molecule has 0 aliphatic carbocycles. The van der Waals surface area contributed by atoms with Gasteiger partial charge in [-0.2, -0.15) is 0 Å². The average molecular weight is 389 g/mol. The molecule has 2 nitrogen and oxygen atoms in total. The maximum atomic E-state index is 4.06. The summed E-state index contributed by atoms with van der Waals surface area (Å²) in [7, 11) is 0. The molecule has 0 saturated heterocycles. The molecule has 0 N–H and O–H groups in total. The first kappa shape index (κ1) is 22.5. The van der Waals surface area contributed by atoms with Gasteiger partial charge in [0, 0.05) is 18.4 Å². The minimum atomic E-state index is 0.124. The lowest BCUT2D eigenvalue weighted by molar-refractivity contribution is 0.427. The molecule has 0 radical (unpaired) electrons. The fourth-order valence-electron chi connectivity index (χ4n) is 4.10. The van der Waals surface area contributed by atoms with Crippen LogP contribution in [0, 0.1) is 0 Å². The van der Waals surface area contributed by atoms with Crippen LogP contribution in [0.25, 0.3) is 0 Å². The third-order valence-corrected chi connectivity index (χ3v) is 5.20. The minimum Gasteiger partial charge on any atom is -0.348 e. The lowest BCUT2D eigenvalue weighted by Gasteiger charge is -2.30. The number of hydrogen-bond acceptors (Lipinski definition) is 2. The standard InChI is InChI=1S/C25H30N2.C2H6/c1-5-12-21-18-23(19-22-15-17-27(8-4)25(21)22)24(26(7-3)16-6-2)20-13-10-9-11-14-20;1-2/h6-11,13-14,16,18-19,24H,3-5,12,15,17H2,1-2H3;1-2H3/b16-6-;. The van der Waals surface area contributed by atoms with Gasteiger partial charge in [0.05, 0.1) is 6.04 Å². The Balaban J connectivity index is 0.00000145. The molecule has 0 bridgehead atoms. The molecule has 1 aliphatic rings. The minimum absolute atomic E-state index is 0.124. The van der Waals surface area contributed by atoms with Crippen molar-refractivity contribution in [3.8, 4) is 0 Å². The van der Waals surface area contributed by atoms with E-state index in [1.165, 1.54) is 27.9 Å². The van der Waals surface area contributed by atoms with Crippen LogP contribution >= 0.6 is 0 Å². The number of nitrogens with zero attached hydrogens (tertiary/aromatic N) is 2. The van der Waals surface area contributed by atoms with Gasteiger partial charge in [0.2, 0.25) is 0 Å². The fourth-order valence-corrected chi connectivity index (χ4v) is 4.10. The summed E-state index contributed by atoms with van der Waals surface area (Å²) >= 11 is 0. The van der Waals surface area contributed by atoms with E-state index < -0.39 is 0 Å². The van der Waals surface area contributed by atoms with Gasteiger partial charge in [0.1, 0.15) is 0 Å². The summed E-state index contributed by atoms with van der Waals surface area (Å²) in [6.45, 7) is 17.4. The third-order valence-electron chi connectivity index (χ3n) is 5.20. The van der Waals surface area contributed by atoms with Crippen LogP contribution in [0.1, 0.15) is 62.4 Å². The van der Waals surface area contributed by atoms with Crippen LogP contribution in [0.4, 0.5) is 5.69 Å². The quantitative estimate of drug-likeness (QED) is 0.470. The van der Waals surface area contributed by atoms with Gasteiger partial charge >= 0.3 is 0 Å². The van der Waals surface area contributed by atoms with Crippen molar-refractivity contribution in [3.05, 3.63) is 103 Å². The summed E-state index contributed by atoms with van der Waals surface area (Å²) in [4.78, 5) is 4.51. The first-order chi connectivity index (χ1) is 14.2. The van der Waals surface area contributed by atoms with E-state index >= 15 is 0 Å². The molecular weight excluding hydrogens is 352 g/mol. The van der Waals surface area contributed by atoms with Gasteiger partial charge in [-0.1, -0.05) is 88.9 Å². The van der Waals surface area contributed by atoms with Crippen molar-refractivity contribution >= 4 is 5.69 Å². The van der Waals surface area contributed by atoms with Gasteiger partial charge in [0.15, 0.2) is 0 Å². The van der Waals surface area contributed by atoms with E-state index in [2.05, 4.69) is 84.6 Å². The number of aryl methyl sites for hydroxylation is 1. The molecule has 2 aromatic carbocycles. The lowest BCUT2D eigenvalue weighted by Crippen LogP contribution is -2.20. The highest BCUT2D eigenvalue weighted by Gasteiger charge is 2.25. The molecule has 1 aliphatic heterocycles. The van der Waals surface area contributed by atoms with E-state index in [0.29, 0.717) is 0 Å². The normalized spacial score (nSPS) is 13.4. The molecule has 1 atom stereocenters. The van der Waals surface area contributed by atoms with Gasteiger partial charge < -0.3 is 9.80 Å². The summed E-state index contributed by atoms with van der Waals surface area (Å²) in [6, 6.07) is 15.6. The van der Waals surface area contributed by atoms with Gasteiger partial charge in [-0.05, 0) is 54.4 Å². The second-order valence-electron chi connectivity index (χ2n) is 6.99. The first-order valence-corrected chi connectivity index (χ1v) is 10.9. The van der Waals surface area contributed by atoms with Crippen molar-refractivity contribution in [1.82, 2.24) is 4.90 Å². The number of allylic oxidation sites excluding steroid dienone is 1. The number of benzene rings is 2. The van der Waals surface area contributed by atoms with E-state index in [1.54, 1.807) is 0 Å². The van der Waals surface area contributed by atoms with E-state index in [4.69, 9.17) is 0 Å². The molecule has 1 unspecified atom stereocenters. The van der Waals surface area contributed by atoms with E-state index in [-0.39, 0.29) is 6.04 Å². The highest BCUT2D eigenvalue weighted by Crippen LogP contribution is 2.38. The molecule has 154 valence electrons. The average Bonchev–Trinajstić information content (AvgIpc) is 3.19. The van der Waals surface area contributed by atoms with Crippen molar-refractivity contribution in [1.29, 1.82) is 0 Å². The van der Waals surface area contributed by atoms with Crippen molar-refractivity contribution in [3.63, 3.8) is 0 Å². The Morgan fingerprint density at radius 3 is 2.41 bits per heavy atom. The van der Waals surface area contributed by atoms with Crippen LogP contribution in [0.3, 0.4) is 0 Å². The molecule has 1 heterocycles. The topological polar surface area (TPSA) is 6.48 Å². The van der Waals surface area contributed by atoms with Crippen LogP contribution in [-0.2, 0) is 12.8 Å². The van der Waals surface area contributed by atoms with Crippen LogP contribution < -0.4 is 4.90 Å². The number of anilines is 1. The molecule has 0 fully saturated rings. The van der Waals surface area contributed by atoms with Gasteiger partial charge in [-0.15, -0.1) is 0 Å². The molecule has 0 amide bonds. The first-order valence-electron chi connectivity index (χ1n) is 10.9. The predicted octanol–water partition coefficient (Wildman–Crippen LogP) is 7.24. The summed E-state index contributed by atoms with van der Waals surface area (Å²) in [5.74, 6) is 0. The number of fused-ring (bicyclic) bond motifs is 1. The van der Waals surface area contributed by atoms with Gasteiger partial charge in [0.25, 0.3) is 0 Å². The monoisotopic (exact) mass is 388 g/mol. The van der Waals surface area contributed by atoms with Crippen molar-refractivity contribution in [2.75, 3.05) is 11.4 Å². The fraction of sp³-hybridized carbons (Fsp3) is 0.333. The van der Waals surface area contributed by atoms with E-state index in [1.807, 2.05) is 33.2 Å². The molecular formula is C27H36N2. The van der Waals surface area contributed by atoms with Crippen molar-refractivity contribution in [2.45, 2.75) is 53.0 Å². The summed E-state index contributed by atoms with van der Waals surface area (Å²) < 4.78 is 0. The summed E-state index contributed by atoms with van der Waals surface area (Å²) in [5.41, 5.74) is 6.83. The SMILES string of the molecule is C=CN1CCc2cc(C(c3ccccc3)N(C=C)/C=C\C)cc(CCC)c21.CC. The Morgan fingerprint density at radius 1 is 1.10 bits per heavy atom. The number of hydrogen-bond donors (Lipinski definition) is 0. The Bertz CT molecular complexity index is 820. The third kappa shape index (κ3) is 5.00. The molecule has 2 aromatic rings. The second-order valence-corrected chi connectivity index (χ2v) is 6.99. The maximum Gasteiger partial charge on any atom is 0.0833 e. The van der Waals surface area contributed by atoms with Gasteiger partial charge in [-0.3, -0.25) is 0 Å². The van der Waals surface area contributed by atoms with Crippen LogP contribution in [0.5, 0.6) is 0 Å². The molecule has 0 saturated carbocycles. The molecule has 2 heteroatoms. The van der Waals surface area contributed by atoms with Crippen molar-refractivity contribution < 1.29 is 0 Å². The van der Waals surface area contributed by atoms with E-state index in [9.17, 15) is 0 Å². The summed E-state index contributed by atoms with van der Waals surface area (Å²) in [6.07, 6.45) is 11.3. The molecule has 29 heavy (non-hydrogen) atoms. The Kier molecular flexibility index (Phi) is 8.79. The zero-order valence-corrected chi connectivity index (χ0v) is 18.6. The Morgan fingerprint density at radius 2 is 1.83 bits per heavy atom. The predicted molar refractivity (Wildman–Crippen MR) is 128 cm³/mol. The second kappa shape index (κ2) is 11.3. The van der Waals surface area contributed by atoms with Crippen molar-refractivity contribution in [2.24, 2.45) is 0 Å². The molecule has 3 rings (SSSR count). The highest BCUT2D eigenvalue weighted by atomic mass is 15.1.